The monoisotopic (exact) mass is 407 g/mol. The Balaban J connectivity index is 1.22. The third kappa shape index (κ3) is 3.77. The molecule has 156 valence electrons. The van der Waals surface area contributed by atoms with Gasteiger partial charge in [-0.05, 0) is 30.3 Å². The molecule has 0 aliphatic carbocycles. The number of benzene rings is 1. The Bertz CT molecular complexity index is 1020. The van der Waals surface area contributed by atoms with Gasteiger partial charge in [0.1, 0.15) is 24.4 Å². The summed E-state index contributed by atoms with van der Waals surface area (Å²) < 4.78 is 13.9. The van der Waals surface area contributed by atoms with E-state index in [1.807, 2.05) is 18.3 Å². The Hall–Kier alpha value is -2.94. The number of fused-ring (bicyclic) bond motifs is 2. The molecule has 0 bridgehead atoms. The van der Waals surface area contributed by atoms with Crippen molar-refractivity contribution in [2.75, 3.05) is 20.2 Å². The van der Waals surface area contributed by atoms with Crippen molar-refractivity contribution in [1.29, 1.82) is 0 Å². The lowest BCUT2D eigenvalue weighted by molar-refractivity contribution is 0.0850. The Morgan fingerprint density at radius 3 is 2.93 bits per heavy atom. The van der Waals surface area contributed by atoms with Crippen LogP contribution in [-0.2, 0) is 19.6 Å². The highest BCUT2D eigenvalue weighted by atomic mass is 16.6. The van der Waals surface area contributed by atoms with Crippen LogP contribution < -0.4 is 14.8 Å². The smallest absolute Gasteiger partial charge is 0.257 e. The summed E-state index contributed by atoms with van der Waals surface area (Å²) in [6.45, 7) is 3.91. The van der Waals surface area contributed by atoms with Crippen LogP contribution in [0.5, 0.6) is 11.6 Å². The molecule has 2 unspecified atom stereocenters. The highest BCUT2D eigenvalue weighted by Crippen LogP contribution is 2.34. The lowest BCUT2D eigenvalue weighted by Gasteiger charge is -2.28. The first-order chi connectivity index (χ1) is 14.7. The molecule has 4 heterocycles. The lowest BCUT2D eigenvalue weighted by atomic mass is 10.1. The molecule has 0 saturated carbocycles. The van der Waals surface area contributed by atoms with Crippen molar-refractivity contribution >= 4 is 0 Å². The number of aromatic nitrogens is 3. The second-order valence-corrected chi connectivity index (χ2v) is 7.64. The van der Waals surface area contributed by atoms with Gasteiger partial charge in [-0.3, -0.25) is 10.2 Å². The fraction of sp³-hybridized carbons (Fsp3) is 0.364. The maximum Gasteiger partial charge on any atom is 0.257 e. The fourth-order valence-corrected chi connectivity index (χ4v) is 3.91. The van der Waals surface area contributed by atoms with E-state index in [2.05, 4.69) is 49.0 Å². The molecule has 30 heavy (non-hydrogen) atoms. The molecule has 2 aromatic heterocycles. The highest BCUT2D eigenvalue weighted by Gasteiger charge is 2.24. The molecule has 0 saturated heterocycles. The molecule has 0 fully saturated rings. The van der Waals surface area contributed by atoms with Crippen molar-refractivity contribution in [3.63, 3.8) is 0 Å². The van der Waals surface area contributed by atoms with E-state index < -0.39 is 6.23 Å². The Morgan fingerprint density at radius 1 is 1.23 bits per heavy atom. The van der Waals surface area contributed by atoms with Gasteiger partial charge in [-0.1, -0.05) is 24.3 Å². The number of ether oxygens (including phenoxy) is 2. The molecule has 8 nitrogen and oxygen atoms in total. The zero-order valence-electron chi connectivity index (χ0n) is 16.9. The van der Waals surface area contributed by atoms with Crippen LogP contribution in [0.4, 0.5) is 0 Å². The van der Waals surface area contributed by atoms with Gasteiger partial charge in [-0.15, -0.1) is 0 Å². The number of rotatable bonds is 5. The van der Waals surface area contributed by atoms with Crippen LogP contribution in [-0.4, -0.2) is 44.7 Å². The largest absolute Gasteiger partial charge is 0.484 e. The fourth-order valence-electron chi connectivity index (χ4n) is 3.91. The predicted molar refractivity (Wildman–Crippen MR) is 110 cm³/mol. The van der Waals surface area contributed by atoms with Crippen LogP contribution in [0.15, 0.2) is 48.8 Å². The van der Waals surface area contributed by atoms with Crippen molar-refractivity contribution in [2.24, 2.45) is 0 Å². The molecule has 5 rings (SSSR count). The molecular formula is C22H25N5O3. The average Bonchev–Trinajstić information content (AvgIpc) is 3.22. The minimum Gasteiger partial charge on any atom is -0.484 e. The van der Waals surface area contributed by atoms with Gasteiger partial charge in [-0.2, -0.15) is 0 Å². The molecule has 2 N–H and O–H groups in total. The topological polar surface area (TPSA) is 84.7 Å². The first-order valence-electron chi connectivity index (χ1n) is 10.2. The van der Waals surface area contributed by atoms with E-state index in [-0.39, 0.29) is 6.10 Å². The van der Waals surface area contributed by atoms with Crippen LogP contribution in [0.2, 0.25) is 0 Å². The number of imidazole rings is 1. The second kappa shape index (κ2) is 8.06. The van der Waals surface area contributed by atoms with Crippen molar-refractivity contribution in [3.8, 4) is 11.6 Å². The Kier molecular flexibility index (Phi) is 5.12. The molecule has 2 atom stereocenters. The summed E-state index contributed by atoms with van der Waals surface area (Å²) in [4.78, 5) is 11.2. The normalized spacial score (nSPS) is 19.3. The van der Waals surface area contributed by atoms with Gasteiger partial charge in [0.05, 0.1) is 6.54 Å². The number of hydrogen-bond donors (Lipinski definition) is 2. The van der Waals surface area contributed by atoms with Crippen LogP contribution in [0.3, 0.4) is 0 Å². The second-order valence-electron chi connectivity index (χ2n) is 7.64. The molecular weight excluding hydrogens is 382 g/mol. The van der Waals surface area contributed by atoms with Gasteiger partial charge in [0.25, 0.3) is 5.88 Å². The van der Waals surface area contributed by atoms with Gasteiger partial charge in [-0.25, -0.2) is 9.97 Å². The van der Waals surface area contributed by atoms with Crippen LogP contribution in [0, 0.1) is 0 Å². The minimum atomic E-state index is -0.725. The maximum atomic E-state index is 9.94. The third-order valence-corrected chi connectivity index (χ3v) is 5.59. The average molecular weight is 407 g/mol. The first kappa shape index (κ1) is 19.0. The summed E-state index contributed by atoms with van der Waals surface area (Å²) in [5, 5.41) is 12.8. The van der Waals surface area contributed by atoms with Crippen molar-refractivity contribution in [3.05, 3.63) is 71.4 Å². The molecule has 2 aliphatic rings. The first-order valence-corrected chi connectivity index (χ1v) is 10.2. The zero-order valence-corrected chi connectivity index (χ0v) is 16.9. The van der Waals surface area contributed by atoms with Crippen molar-refractivity contribution in [1.82, 2.24) is 24.8 Å². The van der Waals surface area contributed by atoms with Gasteiger partial charge in [0.15, 0.2) is 11.9 Å². The number of aliphatic hydroxyl groups excluding tert-OH is 1. The Labute approximate surface area is 175 Å². The molecule has 0 spiro atoms. The van der Waals surface area contributed by atoms with Crippen LogP contribution >= 0.6 is 0 Å². The van der Waals surface area contributed by atoms with Gasteiger partial charge >= 0.3 is 0 Å². The summed E-state index contributed by atoms with van der Waals surface area (Å²) in [5.74, 6) is 2.23. The summed E-state index contributed by atoms with van der Waals surface area (Å²) >= 11 is 0. The number of aliphatic hydroxyl groups is 1. The van der Waals surface area contributed by atoms with Gasteiger partial charge in [0, 0.05) is 32.0 Å². The summed E-state index contributed by atoms with van der Waals surface area (Å²) in [6, 6.07) is 12.2. The van der Waals surface area contributed by atoms with Gasteiger partial charge < -0.3 is 19.1 Å². The Morgan fingerprint density at radius 2 is 2.10 bits per heavy atom. The third-order valence-electron chi connectivity index (χ3n) is 5.59. The summed E-state index contributed by atoms with van der Waals surface area (Å²) in [6.07, 6.45) is 2.76. The minimum absolute atomic E-state index is 0.152. The summed E-state index contributed by atoms with van der Waals surface area (Å²) in [7, 11) is 1.72. The quantitative estimate of drug-likeness (QED) is 0.626. The van der Waals surface area contributed by atoms with Crippen LogP contribution in [0.25, 0.3) is 0 Å². The molecule has 0 radical (unpaired) electrons. The van der Waals surface area contributed by atoms with E-state index in [1.54, 1.807) is 13.2 Å². The van der Waals surface area contributed by atoms with E-state index in [0.29, 0.717) is 23.9 Å². The number of nitrogens with zero attached hydrogens (tertiary/aromatic N) is 4. The number of hydrogen-bond acceptors (Lipinski definition) is 7. The number of nitrogens with one attached hydrogen (secondary N) is 1. The van der Waals surface area contributed by atoms with E-state index in [1.165, 1.54) is 5.56 Å². The molecule has 3 aromatic rings. The van der Waals surface area contributed by atoms with Gasteiger partial charge in [0.2, 0.25) is 0 Å². The van der Waals surface area contributed by atoms with E-state index in [9.17, 15) is 5.11 Å². The predicted octanol–water partition coefficient (Wildman–Crippen LogP) is 2.02. The molecule has 1 aromatic carbocycles. The lowest BCUT2D eigenvalue weighted by Crippen LogP contribution is -2.33. The van der Waals surface area contributed by atoms with Crippen molar-refractivity contribution < 1.29 is 14.6 Å². The molecule has 0 amide bonds. The maximum absolute atomic E-state index is 9.94. The van der Waals surface area contributed by atoms with E-state index in [4.69, 9.17) is 9.47 Å². The van der Waals surface area contributed by atoms with E-state index >= 15 is 0 Å². The van der Waals surface area contributed by atoms with E-state index in [0.717, 1.165) is 37.6 Å². The SMILES string of the molecule is CNC(O)c1cn2c(n1)CN(Cc1ccc(C3COc4cccnc4O3)cc1)CC2. The van der Waals surface area contributed by atoms with Crippen LogP contribution in [0.1, 0.15) is 35.0 Å². The molecule has 2 aliphatic heterocycles. The highest BCUT2D eigenvalue weighted by molar-refractivity contribution is 5.36. The summed E-state index contributed by atoms with van der Waals surface area (Å²) in [5.41, 5.74) is 2.99. The standard InChI is InChI=1S/C22H25N5O3/c1-23-21(28)17-12-27-10-9-26(13-20(27)25-17)11-15-4-6-16(7-5-15)19-14-29-18-3-2-8-24-22(18)30-19/h2-8,12,19,21,23,28H,9-11,13-14H2,1H3. The zero-order chi connectivity index (χ0) is 20.5. The number of pyridine rings is 1. The molecule has 8 heteroatoms. The van der Waals surface area contributed by atoms with Crippen molar-refractivity contribution in [2.45, 2.75) is 32.0 Å².